The second-order valence-electron chi connectivity index (χ2n) is 5.53. The zero-order valence-electron chi connectivity index (χ0n) is 11.4. The van der Waals surface area contributed by atoms with Crippen molar-refractivity contribution in [3.05, 3.63) is 35.4 Å². The van der Waals surface area contributed by atoms with E-state index in [4.69, 9.17) is 4.74 Å². The molecule has 1 aromatic carbocycles. The van der Waals surface area contributed by atoms with Crippen LogP contribution in [0.15, 0.2) is 24.3 Å². The molecule has 0 aliphatic heterocycles. The Hall–Kier alpha value is -1.35. The maximum Gasteiger partial charge on any atom is 0.327 e. The molecule has 102 valence electrons. The van der Waals surface area contributed by atoms with E-state index >= 15 is 0 Å². The van der Waals surface area contributed by atoms with Crippen molar-refractivity contribution >= 4 is 5.97 Å². The minimum atomic E-state index is -0.288. The Bertz CT molecular complexity index is 464. The van der Waals surface area contributed by atoms with Gasteiger partial charge in [-0.05, 0) is 49.7 Å². The minimum Gasteiger partial charge on any atom is -0.465 e. The monoisotopic (exact) mass is 259 g/mol. The van der Waals surface area contributed by atoms with Gasteiger partial charge in [-0.2, -0.15) is 0 Å². The molecule has 0 radical (unpaired) electrons. The molecule has 19 heavy (non-hydrogen) atoms. The summed E-state index contributed by atoms with van der Waals surface area (Å²) in [6.45, 7) is 2.30. The SMILES string of the molecule is CCOC(=O)C(NC1CC1)c1ccccc1C1CC1. The summed E-state index contributed by atoms with van der Waals surface area (Å²) in [4.78, 5) is 12.2. The van der Waals surface area contributed by atoms with Gasteiger partial charge in [0.25, 0.3) is 0 Å². The number of carbonyl (C=O) groups is 1. The molecule has 3 heteroatoms. The van der Waals surface area contributed by atoms with Gasteiger partial charge in [0, 0.05) is 6.04 Å². The van der Waals surface area contributed by atoms with Crippen LogP contribution in [0.4, 0.5) is 0 Å². The third-order valence-corrected chi connectivity index (χ3v) is 3.83. The minimum absolute atomic E-state index is 0.137. The van der Waals surface area contributed by atoms with Gasteiger partial charge < -0.3 is 4.74 Å². The Balaban J connectivity index is 1.86. The fourth-order valence-electron chi connectivity index (χ4n) is 2.54. The van der Waals surface area contributed by atoms with Crippen molar-refractivity contribution in [1.82, 2.24) is 5.32 Å². The summed E-state index contributed by atoms with van der Waals surface area (Å²) in [5.41, 5.74) is 2.45. The van der Waals surface area contributed by atoms with Gasteiger partial charge in [0.2, 0.25) is 0 Å². The van der Waals surface area contributed by atoms with Crippen LogP contribution in [0.25, 0.3) is 0 Å². The van der Waals surface area contributed by atoms with Crippen molar-refractivity contribution in [2.75, 3.05) is 6.61 Å². The van der Waals surface area contributed by atoms with E-state index < -0.39 is 0 Å². The predicted molar refractivity (Wildman–Crippen MR) is 73.9 cm³/mol. The Morgan fingerprint density at radius 2 is 2.05 bits per heavy atom. The van der Waals surface area contributed by atoms with Crippen LogP contribution < -0.4 is 5.32 Å². The average molecular weight is 259 g/mol. The lowest BCUT2D eigenvalue weighted by molar-refractivity contribution is -0.145. The molecular formula is C16H21NO2. The molecule has 0 spiro atoms. The number of hydrogen-bond acceptors (Lipinski definition) is 3. The first kappa shape index (κ1) is 12.7. The molecule has 3 nitrogen and oxygen atoms in total. The van der Waals surface area contributed by atoms with E-state index in [9.17, 15) is 4.79 Å². The van der Waals surface area contributed by atoms with Gasteiger partial charge >= 0.3 is 5.97 Å². The van der Waals surface area contributed by atoms with Crippen molar-refractivity contribution in [3.8, 4) is 0 Å². The molecule has 2 aliphatic rings. The summed E-state index contributed by atoms with van der Waals surface area (Å²) >= 11 is 0. The highest BCUT2D eigenvalue weighted by Gasteiger charge is 2.34. The molecule has 1 atom stereocenters. The van der Waals surface area contributed by atoms with E-state index in [-0.39, 0.29) is 12.0 Å². The lowest BCUT2D eigenvalue weighted by Gasteiger charge is -2.20. The van der Waals surface area contributed by atoms with Crippen molar-refractivity contribution in [2.24, 2.45) is 0 Å². The highest BCUT2D eigenvalue weighted by Crippen LogP contribution is 2.43. The molecule has 0 saturated heterocycles. The van der Waals surface area contributed by atoms with E-state index in [1.165, 1.54) is 31.2 Å². The number of carbonyl (C=O) groups excluding carboxylic acids is 1. The molecule has 1 unspecified atom stereocenters. The lowest BCUT2D eigenvalue weighted by Crippen LogP contribution is -2.32. The number of ether oxygens (including phenoxy) is 1. The first-order valence-corrected chi connectivity index (χ1v) is 7.31. The normalized spacial score (nSPS) is 20.1. The lowest BCUT2D eigenvalue weighted by atomic mass is 9.97. The number of esters is 1. The summed E-state index contributed by atoms with van der Waals surface area (Å²) in [6, 6.07) is 8.52. The molecule has 0 bridgehead atoms. The Morgan fingerprint density at radius 1 is 1.32 bits per heavy atom. The van der Waals surface area contributed by atoms with Crippen LogP contribution >= 0.6 is 0 Å². The standard InChI is InChI=1S/C16H21NO2/c1-2-19-16(18)15(17-12-9-10-12)14-6-4-3-5-13(14)11-7-8-11/h3-6,11-12,15,17H,2,7-10H2,1H3. The van der Waals surface area contributed by atoms with Crippen molar-refractivity contribution < 1.29 is 9.53 Å². The smallest absolute Gasteiger partial charge is 0.327 e. The maximum atomic E-state index is 12.2. The van der Waals surface area contributed by atoms with E-state index in [2.05, 4.69) is 23.5 Å². The van der Waals surface area contributed by atoms with Crippen LogP contribution in [0, 0.1) is 0 Å². The third kappa shape index (κ3) is 2.98. The maximum absolute atomic E-state index is 12.2. The highest BCUT2D eigenvalue weighted by atomic mass is 16.5. The van der Waals surface area contributed by atoms with Crippen molar-refractivity contribution in [2.45, 2.75) is 50.6 Å². The third-order valence-electron chi connectivity index (χ3n) is 3.83. The summed E-state index contributed by atoms with van der Waals surface area (Å²) in [6.07, 6.45) is 4.83. The first-order chi connectivity index (χ1) is 9.29. The van der Waals surface area contributed by atoms with Gasteiger partial charge in [0.1, 0.15) is 6.04 Å². The van der Waals surface area contributed by atoms with Crippen LogP contribution in [0.2, 0.25) is 0 Å². The van der Waals surface area contributed by atoms with Gasteiger partial charge in [-0.1, -0.05) is 24.3 Å². The molecule has 1 N–H and O–H groups in total. The second-order valence-corrected chi connectivity index (χ2v) is 5.53. The molecule has 3 rings (SSSR count). The van der Waals surface area contributed by atoms with Gasteiger partial charge in [-0.3, -0.25) is 5.32 Å². The van der Waals surface area contributed by atoms with E-state index in [0.29, 0.717) is 18.6 Å². The highest BCUT2D eigenvalue weighted by molar-refractivity contribution is 5.78. The Labute approximate surface area is 114 Å². The fourth-order valence-corrected chi connectivity index (χ4v) is 2.54. The van der Waals surface area contributed by atoms with Crippen molar-refractivity contribution in [1.29, 1.82) is 0 Å². The van der Waals surface area contributed by atoms with Gasteiger partial charge in [0.05, 0.1) is 6.61 Å². The molecule has 2 aliphatic carbocycles. The average Bonchev–Trinajstić information content (AvgIpc) is 3.29. The van der Waals surface area contributed by atoms with E-state index in [1.807, 2.05) is 13.0 Å². The number of hydrogen-bond donors (Lipinski definition) is 1. The van der Waals surface area contributed by atoms with E-state index in [1.54, 1.807) is 0 Å². The van der Waals surface area contributed by atoms with Crippen LogP contribution in [-0.4, -0.2) is 18.6 Å². The molecular weight excluding hydrogens is 238 g/mol. The largest absolute Gasteiger partial charge is 0.465 e. The molecule has 2 fully saturated rings. The number of nitrogens with one attached hydrogen (secondary N) is 1. The summed E-state index contributed by atoms with van der Waals surface area (Å²) in [7, 11) is 0. The first-order valence-electron chi connectivity index (χ1n) is 7.31. The topological polar surface area (TPSA) is 38.3 Å². The van der Waals surface area contributed by atoms with E-state index in [0.717, 1.165) is 5.56 Å². The van der Waals surface area contributed by atoms with Gasteiger partial charge in [0.15, 0.2) is 0 Å². The summed E-state index contributed by atoms with van der Waals surface area (Å²) < 4.78 is 5.24. The van der Waals surface area contributed by atoms with Gasteiger partial charge in [-0.15, -0.1) is 0 Å². The Morgan fingerprint density at radius 3 is 2.68 bits per heavy atom. The molecule has 2 saturated carbocycles. The zero-order chi connectivity index (χ0) is 13.2. The van der Waals surface area contributed by atoms with Crippen LogP contribution in [0.3, 0.4) is 0 Å². The van der Waals surface area contributed by atoms with Crippen LogP contribution in [-0.2, 0) is 9.53 Å². The quantitative estimate of drug-likeness (QED) is 0.798. The van der Waals surface area contributed by atoms with Gasteiger partial charge in [-0.25, -0.2) is 4.79 Å². The number of benzene rings is 1. The second kappa shape index (κ2) is 5.33. The fraction of sp³-hybridized carbons (Fsp3) is 0.562. The van der Waals surface area contributed by atoms with Crippen molar-refractivity contribution in [3.63, 3.8) is 0 Å². The Kier molecular flexibility index (Phi) is 3.56. The summed E-state index contributed by atoms with van der Waals surface area (Å²) in [5, 5.41) is 3.44. The summed E-state index contributed by atoms with van der Waals surface area (Å²) in [5.74, 6) is 0.511. The van der Waals surface area contributed by atoms with Crippen LogP contribution in [0.5, 0.6) is 0 Å². The van der Waals surface area contributed by atoms with Crippen LogP contribution in [0.1, 0.15) is 55.7 Å². The molecule has 1 aromatic rings. The predicted octanol–water partition coefficient (Wildman–Crippen LogP) is 2.92. The molecule has 0 heterocycles. The zero-order valence-corrected chi connectivity index (χ0v) is 11.4. The molecule has 0 aromatic heterocycles. The number of rotatable bonds is 6. The molecule has 0 amide bonds.